The lowest BCUT2D eigenvalue weighted by atomic mass is 9.43. The van der Waals surface area contributed by atoms with E-state index in [4.69, 9.17) is 28.4 Å². The molecule has 468 valence electrons. The average molecular weight is 1170 g/mol. The molecule has 12 fully saturated rings. The number of carbonyl (C=O) groups is 9. The van der Waals surface area contributed by atoms with Gasteiger partial charge in [-0.1, -0.05) is 103 Å². The van der Waals surface area contributed by atoms with Crippen molar-refractivity contribution in [3.8, 4) is 0 Å². The zero-order valence-corrected chi connectivity index (χ0v) is 50.2. The number of fused-ring (bicyclic) bond motifs is 6. The van der Waals surface area contributed by atoms with Crippen LogP contribution in [-0.2, 0) is 71.6 Å². The number of hydrogen-bond donors (Lipinski definition) is 0. The van der Waals surface area contributed by atoms with E-state index in [2.05, 4.69) is 61.3 Å². The zero-order valence-electron chi connectivity index (χ0n) is 50.2. The molecule has 24 atom stereocenters. The lowest BCUT2D eigenvalue weighted by molar-refractivity contribution is -0.243. The van der Waals surface area contributed by atoms with Gasteiger partial charge in [-0.3, -0.25) is 43.2 Å². The molecular formula is C69H102O15. The topological polar surface area (TPSA) is 209 Å². The van der Waals surface area contributed by atoms with Crippen molar-refractivity contribution in [1.82, 2.24) is 0 Å². The van der Waals surface area contributed by atoms with Crippen molar-refractivity contribution in [1.29, 1.82) is 0 Å². The average Bonchev–Trinajstić information content (AvgIpc) is 4.06. The molecular weight excluding hydrogens is 1070 g/mol. The van der Waals surface area contributed by atoms with Crippen LogP contribution in [0.2, 0.25) is 0 Å². The Bertz CT molecular complexity index is 2480. The van der Waals surface area contributed by atoms with Crippen LogP contribution in [0.4, 0.5) is 0 Å². The van der Waals surface area contributed by atoms with E-state index >= 15 is 0 Å². The first-order chi connectivity index (χ1) is 37.8. The minimum atomic E-state index is -0.825. The fraction of sp³-hybridized carbons (Fsp3) is 0.783. The number of ketones is 3. The Morgan fingerprint density at radius 1 is 0.357 bits per heavy atom. The van der Waals surface area contributed by atoms with Crippen molar-refractivity contribution < 1.29 is 71.6 Å². The molecule has 6 aliphatic heterocycles. The second kappa shape index (κ2) is 22.0. The highest BCUT2D eigenvalue weighted by molar-refractivity contribution is 5.93. The molecule has 6 bridgehead atoms. The molecule has 15 heteroatoms. The number of rotatable bonds is 3. The molecule has 6 heterocycles. The van der Waals surface area contributed by atoms with E-state index in [1.165, 1.54) is 0 Å². The highest BCUT2D eigenvalue weighted by Gasteiger charge is 2.75. The van der Waals surface area contributed by atoms with Gasteiger partial charge in [0.25, 0.3) is 0 Å². The van der Waals surface area contributed by atoms with Crippen LogP contribution in [0.1, 0.15) is 202 Å². The maximum Gasteiger partial charge on any atom is 0.306 e. The molecule has 6 saturated carbocycles. The molecule has 6 aliphatic carbocycles. The van der Waals surface area contributed by atoms with Crippen molar-refractivity contribution in [3.63, 3.8) is 0 Å². The number of ether oxygens (including phenoxy) is 6. The van der Waals surface area contributed by atoms with E-state index in [0.717, 1.165) is 38.5 Å². The molecule has 0 aromatic rings. The molecule has 15 nitrogen and oxygen atoms in total. The van der Waals surface area contributed by atoms with E-state index in [0.29, 0.717) is 38.5 Å². The van der Waals surface area contributed by atoms with Gasteiger partial charge >= 0.3 is 35.8 Å². The molecule has 12 aliphatic rings. The second-order valence-electron chi connectivity index (χ2n) is 29.1. The van der Waals surface area contributed by atoms with Gasteiger partial charge in [0.1, 0.15) is 54.0 Å². The van der Waals surface area contributed by atoms with Crippen LogP contribution in [0.3, 0.4) is 0 Å². The summed E-state index contributed by atoms with van der Waals surface area (Å²) in [6.45, 7) is 36.4. The number of carbonyl (C=O) groups excluding carboxylic acids is 9. The Kier molecular flexibility index (Phi) is 17.5. The van der Waals surface area contributed by atoms with Crippen LogP contribution < -0.4 is 0 Å². The molecule has 84 heavy (non-hydrogen) atoms. The normalized spacial score (nSPS) is 50.1. The highest BCUT2D eigenvalue weighted by atomic mass is 16.6. The fourth-order valence-corrected chi connectivity index (χ4v) is 20.2. The maximum absolute atomic E-state index is 13.7. The van der Waals surface area contributed by atoms with E-state index in [1.54, 1.807) is 18.2 Å². The Morgan fingerprint density at radius 3 is 0.798 bits per heavy atom. The number of hydrogen-bond acceptors (Lipinski definition) is 15. The lowest BCUT2D eigenvalue weighted by Crippen LogP contribution is -2.68. The van der Waals surface area contributed by atoms with Crippen LogP contribution in [0.5, 0.6) is 0 Å². The van der Waals surface area contributed by atoms with Crippen molar-refractivity contribution in [2.75, 3.05) is 0 Å². The van der Waals surface area contributed by atoms with Gasteiger partial charge < -0.3 is 28.4 Å². The molecule has 12 rings (SSSR count). The summed E-state index contributed by atoms with van der Waals surface area (Å²) in [6.07, 6.45) is 11.6. The zero-order chi connectivity index (χ0) is 59.3. The number of allylic oxidation sites excluding steroid dienone is 3. The first-order valence-corrected chi connectivity index (χ1v) is 30.5. The van der Waals surface area contributed by atoms with E-state index in [1.807, 2.05) is 41.5 Å². The first-order valence-electron chi connectivity index (χ1n) is 30.5. The maximum atomic E-state index is 13.7. The van der Waals surface area contributed by atoms with Gasteiger partial charge in [-0.2, -0.15) is 0 Å². The minimum absolute atomic E-state index is 0. The number of esters is 6. The van der Waals surface area contributed by atoms with Gasteiger partial charge in [-0.25, -0.2) is 0 Å². The summed E-state index contributed by atoms with van der Waals surface area (Å²) in [4.78, 5) is 115. The van der Waals surface area contributed by atoms with Crippen molar-refractivity contribution in [3.05, 3.63) is 38.0 Å². The number of Topliss-reactive ketones (excluding diaryl/α,β-unsaturated/α-hetero) is 3. The van der Waals surface area contributed by atoms with E-state index in [-0.39, 0.29) is 148 Å². The van der Waals surface area contributed by atoms with Crippen molar-refractivity contribution in [2.45, 2.75) is 238 Å². The first kappa shape index (κ1) is 66.6. The Morgan fingerprint density at radius 2 is 0.583 bits per heavy atom. The molecule has 0 amide bonds. The summed E-state index contributed by atoms with van der Waals surface area (Å²) < 4.78 is 35.7. The van der Waals surface area contributed by atoms with Gasteiger partial charge in [0.2, 0.25) is 0 Å². The van der Waals surface area contributed by atoms with Crippen LogP contribution >= 0.6 is 0 Å². The molecule has 0 unspecified atom stereocenters. The van der Waals surface area contributed by atoms with Gasteiger partial charge in [0.15, 0.2) is 0 Å². The second-order valence-corrected chi connectivity index (χ2v) is 29.1. The third-order valence-electron chi connectivity index (χ3n) is 26.5. The molecule has 6 saturated heterocycles. The summed E-state index contributed by atoms with van der Waals surface area (Å²) in [5.74, 6) is -2.09. The predicted octanol–water partition coefficient (Wildman–Crippen LogP) is 12.3. The SMILES string of the molecule is C.C.C.C=C[C@@]1(C)C(=O)[C@H](C)[C@]23CCC(=O)O[C@H]2[C@@](C)([C@H](C)CC3)[C@@H]2OC(=O)C[C@H]21.C=C[C@@]1(C)C(=O)[C@H](C)[C@]23CCC(=O)O[C@H]2[C@@](C)([C@H](C)CC3)[C@@H]2OC(=O)C[C@H]21.C=C[C@@]1(C)C(=O)[C@H](C)[C@]23CCC(=O)O[C@H]2[C@@](C)([C@H](C)CC3)[C@@H]2OC(=O)C[C@H]21. The molecule has 0 aromatic heterocycles. The fourth-order valence-electron chi connectivity index (χ4n) is 20.2. The summed E-state index contributed by atoms with van der Waals surface area (Å²) in [5, 5.41) is 0. The molecule has 0 spiro atoms. The Balaban J connectivity index is 0.000000178. The summed E-state index contributed by atoms with van der Waals surface area (Å²) in [6, 6.07) is 0. The smallest absolute Gasteiger partial charge is 0.306 e. The predicted molar refractivity (Wildman–Crippen MR) is 316 cm³/mol. The third-order valence-corrected chi connectivity index (χ3v) is 26.5. The lowest BCUT2D eigenvalue weighted by Gasteiger charge is -2.63. The Hall–Kier alpha value is -4.95. The van der Waals surface area contributed by atoms with Crippen molar-refractivity contribution >= 4 is 53.2 Å². The largest absolute Gasteiger partial charge is 0.461 e. The van der Waals surface area contributed by atoms with Crippen LogP contribution in [0.15, 0.2) is 38.0 Å². The molecule has 0 N–H and O–H groups in total. The van der Waals surface area contributed by atoms with Crippen LogP contribution in [-0.4, -0.2) is 89.8 Å². The quantitative estimate of drug-likeness (QED) is 0.146. The summed E-state index contributed by atoms with van der Waals surface area (Å²) >= 11 is 0. The third kappa shape index (κ3) is 8.72. The van der Waals surface area contributed by atoms with Crippen LogP contribution in [0, 0.1) is 102 Å². The summed E-state index contributed by atoms with van der Waals surface area (Å²) in [5.41, 5.74) is -5.18. The van der Waals surface area contributed by atoms with Gasteiger partial charge in [0.05, 0.1) is 35.5 Å². The highest BCUT2D eigenvalue weighted by Crippen LogP contribution is 2.69. The van der Waals surface area contributed by atoms with Gasteiger partial charge in [-0.05, 0) is 96.3 Å². The van der Waals surface area contributed by atoms with Crippen LogP contribution in [0.25, 0.3) is 0 Å². The monoisotopic (exact) mass is 1170 g/mol. The minimum Gasteiger partial charge on any atom is -0.461 e. The van der Waals surface area contributed by atoms with E-state index < -0.39 is 85.4 Å². The van der Waals surface area contributed by atoms with Crippen molar-refractivity contribution in [2.24, 2.45) is 102 Å². The Labute approximate surface area is 501 Å². The van der Waals surface area contributed by atoms with E-state index in [9.17, 15) is 43.2 Å². The summed E-state index contributed by atoms with van der Waals surface area (Å²) in [7, 11) is 0. The standard InChI is InChI=1S/3C22H30O5.3CH4/c3*1-6-20(4)14-11-16(24)26-18(14)21(5)12(2)7-9-22(13(3)17(20)25)10-8-15(23)27-19(21)22;;;/h3*6,12-14,18-19H,1,7-11H2,2-5H3;3*1H4/t3*12-,13+,14-,18-,19+,20-,21+,22+;;;/m111.../s1. The van der Waals surface area contributed by atoms with Gasteiger partial charge in [-0.15, -0.1) is 19.7 Å². The molecule has 0 radical (unpaired) electrons. The van der Waals surface area contributed by atoms with Gasteiger partial charge in [0, 0.05) is 87.3 Å². The molecule has 0 aromatic carbocycles.